The summed E-state index contributed by atoms with van der Waals surface area (Å²) in [6.07, 6.45) is 3.03. The van der Waals surface area contributed by atoms with Crippen molar-refractivity contribution in [2.75, 3.05) is 26.0 Å². The minimum absolute atomic E-state index is 0.119. The van der Waals surface area contributed by atoms with Crippen LogP contribution < -0.4 is 5.32 Å². The molecule has 22 heavy (non-hydrogen) atoms. The van der Waals surface area contributed by atoms with E-state index in [1.165, 1.54) is 17.8 Å². The number of hydrogen-bond donors (Lipinski definition) is 1. The molecule has 3 rings (SSSR count). The van der Waals surface area contributed by atoms with E-state index in [2.05, 4.69) is 5.32 Å². The predicted octanol–water partition coefficient (Wildman–Crippen LogP) is 3.18. The zero-order valence-electron chi connectivity index (χ0n) is 12.7. The number of amides is 2. The van der Waals surface area contributed by atoms with Crippen LogP contribution in [0.3, 0.4) is 0 Å². The molecular weight excluding hydrogens is 303 g/mol. The highest BCUT2D eigenvalue weighted by Crippen LogP contribution is 2.37. The molecular formula is C16H21FN2O2S. The number of benzene rings is 1. The third kappa shape index (κ3) is 3.38. The van der Waals surface area contributed by atoms with E-state index in [-0.39, 0.29) is 24.0 Å². The highest BCUT2D eigenvalue weighted by atomic mass is 32.2. The van der Waals surface area contributed by atoms with Crippen LogP contribution in [0, 0.1) is 5.82 Å². The smallest absolute Gasteiger partial charge is 0.317 e. The van der Waals surface area contributed by atoms with Gasteiger partial charge in [0.25, 0.3) is 0 Å². The summed E-state index contributed by atoms with van der Waals surface area (Å²) in [7, 11) is 1.78. The van der Waals surface area contributed by atoms with E-state index in [4.69, 9.17) is 4.74 Å². The van der Waals surface area contributed by atoms with E-state index >= 15 is 0 Å². The molecule has 0 spiro atoms. The predicted molar refractivity (Wildman–Crippen MR) is 84.6 cm³/mol. The molecule has 0 radical (unpaired) electrons. The Kier molecular flexibility index (Phi) is 4.88. The fourth-order valence-corrected chi connectivity index (χ4v) is 4.11. The fraction of sp³-hybridized carbons (Fsp3) is 0.562. The molecule has 6 heteroatoms. The second-order valence-electron chi connectivity index (χ2n) is 5.81. The Hall–Kier alpha value is -1.27. The van der Waals surface area contributed by atoms with Gasteiger partial charge in [0.05, 0.1) is 12.1 Å². The minimum Gasteiger partial charge on any atom is -0.376 e. The standard InChI is InChI=1S/C16H21FN2O2S/c1-19(10-11-4-3-8-21-11)16(20)18-14-7-9-22-15-12(14)5-2-6-13(15)17/h2,5-6,11,14H,3-4,7-10H2,1H3,(H,18,20)/t11-,14+/m0/s1. The van der Waals surface area contributed by atoms with E-state index in [1.54, 1.807) is 18.0 Å². The Balaban J connectivity index is 1.63. The summed E-state index contributed by atoms with van der Waals surface area (Å²) < 4.78 is 19.4. The van der Waals surface area contributed by atoms with Crippen molar-refractivity contribution < 1.29 is 13.9 Å². The van der Waals surface area contributed by atoms with Crippen molar-refractivity contribution >= 4 is 17.8 Å². The highest BCUT2D eigenvalue weighted by Gasteiger charge is 2.26. The molecule has 1 aromatic rings. The van der Waals surface area contributed by atoms with Gasteiger partial charge >= 0.3 is 6.03 Å². The van der Waals surface area contributed by atoms with Gasteiger partial charge in [-0.05, 0) is 30.9 Å². The quantitative estimate of drug-likeness (QED) is 0.928. The molecule has 0 aliphatic carbocycles. The number of ether oxygens (including phenoxy) is 1. The lowest BCUT2D eigenvalue weighted by atomic mass is 10.0. The summed E-state index contributed by atoms with van der Waals surface area (Å²) in [5, 5.41) is 3.03. The van der Waals surface area contributed by atoms with Crippen molar-refractivity contribution in [2.45, 2.75) is 36.3 Å². The van der Waals surface area contributed by atoms with Crippen molar-refractivity contribution in [1.82, 2.24) is 10.2 Å². The maximum Gasteiger partial charge on any atom is 0.317 e. The molecule has 0 unspecified atom stereocenters. The number of thioether (sulfide) groups is 1. The molecule has 2 amide bonds. The van der Waals surface area contributed by atoms with E-state index in [9.17, 15) is 9.18 Å². The van der Waals surface area contributed by atoms with Crippen LogP contribution in [0.5, 0.6) is 0 Å². The molecule has 1 fully saturated rings. The molecule has 2 heterocycles. The maximum atomic E-state index is 13.9. The molecule has 0 saturated carbocycles. The largest absolute Gasteiger partial charge is 0.376 e. The van der Waals surface area contributed by atoms with Gasteiger partial charge in [-0.15, -0.1) is 11.8 Å². The van der Waals surface area contributed by atoms with Gasteiger partial charge in [-0.3, -0.25) is 0 Å². The van der Waals surface area contributed by atoms with Gasteiger partial charge < -0.3 is 15.0 Å². The summed E-state index contributed by atoms with van der Waals surface area (Å²) in [5.74, 6) is 0.614. The van der Waals surface area contributed by atoms with Gasteiger partial charge in [0, 0.05) is 30.8 Å². The van der Waals surface area contributed by atoms with Crippen LogP contribution in [-0.4, -0.2) is 43.0 Å². The first-order chi connectivity index (χ1) is 10.6. The van der Waals surface area contributed by atoms with E-state index in [0.717, 1.165) is 37.2 Å². The lowest BCUT2D eigenvalue weighted by molar-refractivity contribution is 0.0869. The van der Waals surface area contributed by atoms with Crippen molar-refractivity contribution in [2.24, 2.45) is 0 Å². The van der Waals surface area contributed by atoms with E-state index < -0.39 is 0 Å². The number of nitrogens with zero attached hydrogens (tertiary/aromatic N) is 1. The average Bonchev–Trinajstić information content (AvgIpc) is 3.01. The van der Waals surface area contributed by atoms with Crippen LogP contribution >= 0.6 is 11.8 Å². The van der Waals surface area contributed by atoms with Crippen LogP contribution in [0.4, 0.5) is 9.18 Å². The second-order valence-corrected chi connectivity index (χ2v) is 6.92. The zero-order valence-corrected chi connectivity index (χ0v) is 13.5. The SMILES string of the molecule is CN(C[C@@H]1CCCO1)C(=O)N[C@@H]1CCSc2c(F)cccc21. The van der Waals surface area contributed by atoms with E-state index in [0.29, 0.717) is 11.4 Å². The monoisotopic (exact) mass is 324 g/mol. The summed E-state index contributed by atoms with van der Waals surface area (Å²) in [6.45, 7) is 1.38. The van der Waals surface area contributed by atoms with Gasteiger partial charge in [0.2, 0.25) is 0 Å². The lowest BCUT2D eigenvalue weighted by Gasteiger charge is -2.29. The van der Waals surface area contributed by atoms with Crippen molar-refractivity contribution in [3.05, 3.63) is 29.6 Å². The van der Waals surface area contributed by atoms with Crippen molar-refractivity contribution in [3.63, 3.8) is 0 Å². The fourth-order valence-electron chi connectivity index (χ4n) is 2.97. The highest BCUT2D eigenvalue weighted by molar-refractivity contribution is 7.99. The number of halogens is 1. The van der Waals surface area contributed by atoms with Gasteiger partial charge in [-0.2, -0.15) is 0 Å². The lowest BCUT2D eigenvalue weighted by Crippen LogP contribution is -2.43. The van der Waals surface area contributed by atoms with Gasteiger partial charge in [-0.1, -0.05) is 12.1 Å². The van der Waals surface area contributed by atoms with Crippen LogP contribution in [0.15, 0.2) is 23.1 Å². The normalized spacial score (nSPS) is 23.9. The van der Waals surface area contributed by atoms with Crippen molar-refractivity contribution in [1.29, 1.82) is 0 Å². The minimum atomic E-state index is -0.200. The van der Waals surface area contributed by atoms with E-state index in [1.807, 2.05) is 6.07 Å². The summed E-state index contributed by atoms with van der Waals surface area (Å²) in [5.41, 5.74) is 0.884. The Morgan fingerprint density at radius 2 is 2.36 bits per heavy atom. The molecule has 1 N–H and O–H groups in total. The van der Waals surface area contributed by atoms with Crippen LogP contribution in [0.1, 0.15) is 30.9 Å². The average molecular weight is 324 g/mol. The Morgan fingerprint density at radius 3 is 3.14 bits per heavy atom. The van der Waals surface area contributed by atoms with Crippen LogP contribution in [0.2, 0.25) is 0 Å². The molecule has 0 bridgehead atoms. The topological polar surface area (TPSA) is 41.6 Å². The second kappa shape index (κ2) is 6.87. The maximum absolute atomic E-state index is 13.9. The molecule has 2 aliphatic heterocycles. The molecule has 2 atom stereocenters. The number of likely N-dealkylation sites (N-methyl/N-ethyl adjacent to an activating group) is 1. The summed E-state index contributed by atoms with van der Waals surface area (Å²) >= 11 is 1.52. The first-order valence-corrected chi connectivity index (χ1v) is 8.68. The molecule has 2 aliphatic rings. The molecule has 1 saturated heterocycles. The zero-order chi connectivity index (χ0) is 15.5. The van der Waals surface area contributed by atoms with Gasteiger partial charge in [-0.25, -0.2) is 9.18 Å². The third-order valence-electron chi connectivity index (χ3n) is 4.17. The van der Waals surface area contributed by atoms with Crippen LogP contribution in [0.25, 0.3) is 0 Å². The number of nitrogens with one attached hydrogen (secondary N) is 1. The van der Waals surface area contributed by atoms with Gasteiger partial charge in [0.15, 0.2) is 0 Å². The molecule has 1 aromatic carbocycles. The number of carbonyl (C=O) groups excluding carboxylic acids is 1. The number of fused-ring (bicyclic) bond motifs is 1. The Morgan fingerprint density at radius 1 is 1.50 bits per heavy atom. The number of urea groups is 1. The third-order valence-corrected chi connectivity index (χ3v) is 5.33. The first-order valence-electron chi connectivity index (χ1n) is 7.69. The number of carbonyl (C=O) groups is 1. The molecule has 0 aromatic heterocycles. The first kappa shape index (κ1) is 15.6. The molecule has 4 nitrogen and oxygen atoms in total. The molecule has 120 valence electrons. The van der Waals surface area contributed by atoms with Crippen LogP contribution in [-0.2, 0) is 4.74 Å². The summed E-state index contributed by atoms with van der Waals surface area (Å²) in [4.78, 5) is 14.7. The van der Waals surface area contributed by atoms with Crippen molar-refractivity contribution in [3.8, 4) is 0 Å². The summed E-state index contributed by atoms with van der Waals surface area (Å²) in [6, 6.07) is 4.83. The Bertz CT molecular complexity index is 549. The number of rotatable bonds is 3. The van der Waals surface area contributed by atoms with Gasteiger partial charge in [0.1, 0.15) is 5.82 Å². The number of hydrogen-bond acceptors (Lipinski definition) is 3. The Labute approximate surface area is 134 Å².